The zero-order valence-corrected chi connectivity index (χ0v) is 14.5. The van der Waals surface area contributed by atoms with Crippen LogP contribution in [0.5, 0.6) is 5.75 Å². The molecular formula is C17H33N3O. The molecule has 0 aromatic carbocycles. The van der Waals surface area contributed by atoms with E-state index in [1.807, 2.05) is 6.20 Å². The maximum Gasteiger partial charge on any atom is 0.161 e. The fourth-order valence-electron chi connectivity index (χ4n) is 2.96. The summed E-state index contributed by atoms with van der Waals surface area (Å²) in [7, 11) is 1.74. The summed E-state index contributed by atoms with van der Waals surface area (Å²) in [5.74, 6) is 1.55. The molecule has 4 heteroatoms. The van der Waals surface area contributed by atoms with Gasteiger partial charge in [0, 0.05) is 6.54 Å². The van der Waals surface area contributed by atoms with Gasteiger partial charge < -0.3 is 10.1 Å². The Hall–Kier alpha value is -1.03. The van der Waals surface area contributed by atoms with E-state index in [1.54, 1.807) is 7.11 Å². The van der Waals surface area contributed by atoms with Crippen molar-refractivity contribution in [1.29, 1.82) is 0 Å². The van der Waals surface area contributed by atoms with Gasteiger partial charge in [-0.15, -0.1) is 0 Å². The first kappa shape index (κ1) is 18.0. The Morgan fingerprint density at radius 3 is 2.52 bits per heavy atom. The van der Waals surface area contributed by atoms with Crippen LogP contribution in [-0.2, 0) is 6.54 Å². The van der Waals surface area contributed by atoms with Gasteiger partial charge in [-0.1, -0.05) is 40.0 Å². The third-order valence-electron chi connectivity index (χ3n) is 4.20. The summed E-state index contributed by atoms with van der Waals surface area (Å²) in [4.78, 5) is 0. The molecule has 0 saturated carbocycles. The number of hydrogen-bond acceptors (Lipinski definition) is 3. The lowest BCUT2D eigenvalue weighted by atomic mass is 9.89. The summed E-state index contributed by atoms with van der Waals surface area (Å²) in [6, 6.07) is 0.332. The van der Waals surface area contributed by atoms with Crippen LogP contribution in [0.2, 0.25) is 0 Å². The van der Waals surface area contributed by atoms with Crippen LogP contribution in [0, 0.1) is 5.92 Å². The summed E-state index contributed by atoms with van der Waals surface area (Å²) in [6.45, 7) is 10.8. The first-order chi connectivity index (χ1) is 10.2. The molecule has 0 saturated heterocycles. The molecular weight excluding hydrogens is 262 g/mol. The van der Waals surface area contributed by atoms with Gasteiger partial charge in [0.25, 0.3) is 0 Å². The van der Waals surface area contributed by atoms with E-state index in [-0.39, 0.29) is 0 Å². The van der Waals surface area contributed by atoms with Crippen LogP contribution in [0.25, 0.3) is 0 Å². The van der Waals surface area contributed by atoms with Gasteiger partial charge in [0.1, 0.15) is 0 Å². The van der Waals surface area contributed by atoms with Gasteiger partial charge in [0.15, 0.2) is 5.75 Å². The molecule has 0 aliphatic rings. The highest BCUT2D eigenvalue weighted by Gasteiger charge is 2.27. The lowest BCUT2D eigenvalue weighted by Crippen LogP contribution is -2.31. The second kappa shape index (κ2) is 9.82. The highest BCUT2D eigenvalue weighted by atomic mass is 16.5. The molecule has 21 heavy (non-hydrogen) atoms. The molecule has 0 fully saturated rings. The molecule has 2 atom stereocenters. The fraction of sp³-hybridized carbons (Fsp3) is 0.824. The molecule has 0 aliphatic heterocycles. The monoisotopic (exact) mass is 295 g/mol. The number of aromatic nitrogens is 2. The van der Waals surface area contributed by atoms with Crippen LogP contribution in [0.3, 0.4) is 0 Å². The number of unbranched alkanes of at least 4 members (excludes halogenated alkanes) is 1. The summed E-state index contributed by atoms with van der Waals surface area (Å²) in [6.07, 6.45) is 7.97. The van der Waals surface area contributed by atoms with E-state index in [0.717, 1.165) is 25.3 Å². The third kappa shape index (κ3) is 4.73. The molecule has 0 amide bonds. The average molecular weight is 295 g/mol. The van der Waals surface area contributed by atoms with E-state index < -0.39 is 0 Å². The molecule has 0 bridgehead atoms. The van der Waals surface area contributed by atoms with Crippen LogP contribution in [-0.4, -0.2) is 23.4 Å². The lowest BCUT2D eigenvalue weighted by molar-refractivity contribution is 0.296. The van der Waals surface area contributed by atoms with Crippen LogP contribution >= 0.6 is 0 Å². The Balaban J connectivity index is 3.07. The number of methoxy groups -OCH3 is 1. The van der Waals surface area contributed by atoms with Crippen molar-refractivity contribution < 1.29 is 4.74 Å². The van der Waals surface area contributed by atoms with Crippen LogP contribution < -0.4 is 10.1 Å². The van der Waals surface area contributed by atoms with Crippen molar-refractivity contribution in [3.63, 3.8) is 0 Å². The fourth-order valence-corrected chi connectivity index (χ4v) is 2.96. The summed E-state index contributed by atoms with van der Waals surface area (Å²) in [5.41, 5.74) is 1.22. The van der Waals surface area contributed by atoms with Gasteiger partial charge in [-0.25, -0.2) is 0 Å². The van der Waals surface area contributed by atoms with Gasteiger partial charge in [0.2, 0.25) is 0 Å². The van der Waals surface area contributed by atoms with Gasteiger partial charge >= 0.3 is 0 Å². The molecule has 4 nitrogen and oxygen atoms in total. The maximum absolute atomic E-state index is 5.56. The van der Waals surface area contributed by atoms with E-state index >= 15 is 0 Å². The molecule has 0 radical (unpaired) electrons. The minimum Gasteiger partial charge on any atom is -0.493 e. The Bertz CT molecular complexity index is 368. The first-order valence-electron chi connectivity index (χ1n) is 8.56. The number of nitrogens with zero attached hydrogens (tertiary/aromatic N) is 2. The smallest absolute Gasteiger partial charge is 0.161 e. The number of rotatable bonds is 11. The standard InChI is InChI=1S/C17H33N3O/c1-6-10-11-14(8-3)16(18-12-7-2)17-15(21-5)13-19-20(17)9-4/h13-14,16,18H,6-12H2,1-5H3. The van der Waals surface area contributed by atoms with Gasteiger partial charge in [-0.05, 0) is 32.2 Å². The van der Waals surface area contributed by atoms with Crippen LogP contribution in [0.1, 0.15) is 71.5 Å². The van der Waals surface area contributed by atoms with Crippen molar-refractivity contribution in [1.82, 2.24) is 15.1 Å². The Labute approximate surface area is 130 Å². The minimum atomic E-state index is 0.332. The normalized spacial score (nSPS) is 14.1. The molecule has 1 heterocycles. The topological polar surface area (TPSA) is 39.1 Å². The molecule has 1 N–H and O–H groups in total. The maximum atomic E-state index is 5.56. The van der Waals surface area contributed by atoms with E-state index in [4.69, 9.17) is 4.74 Å². The molecule has 1 aromatic rings. The number of ether oxygens (including phenoxy) is 1. The predicted molar refractivity (Wildman–Crippen MR) is 88.8 cm³/mol. The predicted octanol–water partition coefficient (Wildman–Crippen LogP) is 4.17. The molecule has 0 aliphatic carbocycles. The molecule has 1 rings (SSSR count). The second-order valence-electron chi connectivity index (χ2n) is 5.66. The van der Waals surface area contributed by atoms with Gasteiger partial charge in [-0.2, -0.15) is 5.10 Å². The average Bonchev–Trinajstić information content (AvgIpc) is 2.93. The quantitative estimate of drug-likeness (QED) is 0.666. The van der Waals surface area contributed by atoms with E-state index in [9.17, 15) is 0 Å². The van der Waals surface area contributed by atoms with E-state index in [2.05, 4.69) is 42.8 Å². The Morgan fingerprint density at radius 2 is 2.00 bits per heavy atom. The lowest BCUT2D eigenvalue weighted by Gasteiger charge is -2.28. The van der Waals surface area contributed by atoms with Crippen molar-refractivity contribution in [3.8, 4) is 5.75 Å². The number of hydrogen-bond donors (Lipinski definition) is 1. The zero-order valence-electron chi connectivity index (χ0n) is 14.5. The molecule has 0 spiro atoms. The largest absolute Gasteiger partial charge is 0.493 e. The Kier molecular flexibility index (Phi) is 8.43. The second-order valence-corrected chi connectivity index (χ2v) is 5.66. The van der Waals surface area contributed by atoms with Crippen molar-refractivity contribution in [2.45, 2.75) is 72.4 Å². The van der Waals surface area contributed by atoms with E-state index in [1.165, 1.54) is 31.4 Å². The summed E-state index contributed by atoms with van der Waals surface area (Å²) < 4.78 is 7.65. The highest BCUT2D eigenvalue weighted by molar-refractivity contribution is 5.29. The summed E-state index contributed by atoms with van der Waals surface area (Å²) >= 11 is 0. The Morgan fingerprint density at radius 1 is 1.24 bits per heavy atom. The van der Waals surface area contributed by atoms with Gasteiger partial charge in [-0.3, -0.25) is 4.68 Å². The van der Waals surface area contributed by atoms with Crippen molar-refractivity contribution in [3.05, 3.63) is 11.9 Å². The van der Waals surface area contributed by atoms with E-state index in [0.29, 0.717) is 12.0 Å². The molecule has 1 aromatic heterocycles. The molecule has 2 unspecified atom stereocenters. The van der Waals surface area contributed by atoms with Crippen molar-refractivity contribution in [2.75, 3.05) is 13.7 Å². The number of aryl methyl sites for hydroxylation is 1. The number of nitrogens with one attached hydrogen (secondary N) is 1. The first-order valence-corrected chi connectivity index (χ1v) is 8.56. The SMILES string of the molecule is CCCCC(CC)C(NCCC)c1c(OC)cnn1CC. The summed E-state index contributed by atoms with van der Waals surface area (Å²) in [5, 5.41) is 8.22. The van der Waals surface area contributed by atoms with Crippen molar-refractivity contribution in [2.24, 2.45) is 5.92 Å². The van der Waals surface area contributed by atoms with Crippen molar-refractivity contribution >= 4 is 0 Å². The van der Waals surface area contributed by atoms with Crippen LogP contribution in [0.4, 0.5) is 0 Å². The highest BCUT2D eigenvalue weighted by Crippen LogP contribution is 2.34. The zero-order chi connectivity index (χ0) is 15.7. The van der Waals surface area contributed by atoms with Gasteiger partial charge in [0.05, 0.1) is 25.0 Å². The molecule has 122 valence electrons. The van der Waals surface area contributed by atoms with Crippen LogP contribution in [0.15, 0.2) is 6.20 Å². The minimum absolute atomic E-state index is 0.332. The third-order valence-corrected chi connectivity index (χ3v) is 4.20.